The number of rotatable bonds is 7. The summed E-state index contributed by atoms with van der Waals surface area (Å²) in [6.45, 7) is 5.00. The molecular weight excluding hydrogens is 324 g/mol. The zero-order valence-corrected chi connectivity index (χ0v) is 15.5. The first-order valence-corrected chi connectivity index (χ1v) is 9.48. The van der Waals surface area contributed by atoms with Gasteiger partial charge in [0.1, 0.15) is 5.75 Å². The van der Waals surface area contributed by atoms with Crippen LogP contribution in [-0.4, -0.2) is 30.0 Å². The van der Waals surface area contributed by atoms with Crippen molar-refractivity contribution in [2.75, 3.05) is 13.2 Å². The van der Waals surface area contributed by atoms with Crippen molar-refractivity contribution in [2.45, 2.75) is 45.3 Å². The van der Waals surface area contributed by atoms with Crippen LogP contribution in [0.3, 0.4) is 0 Å². The number of nitrogens with one attached hydrogen (secondary N) is 1. The number of hydrogen-bond donors (Lipinski definition) is 1. The summed E-state index contributed by atoms with van der Waals surface area (Å²) in [6.07, 6.45) is 3.88. The van der Waals surface area contributed by atoms with Gasteiger partial charge in [-0.05, 0) is 49.6 Å². The lowest BCUT2D eigenvalue weighted by Gasteiger charge is -2.33. The van der Waals surface area contributed by atoms with Gasteiger partial charge in [-0.2, -0.15) is 0 Å². The second-order valence-corrected chi connectivity index (χ2v) is 6.96. The Morgan fingerprint density at radius 2 is 1.81 bits per heavy atom. The second kappa shape index (κ2) is 9.39. The quantitative estimate of drug-likeness (QED) is 0.825. The molecule has 138 valence electrons. The van der Waals surface area contributed by atoms with Gasteiger partial charge in [0.05, 0.1) is 0 Å². The highest BCUT2D eigenvalue weighted by Crippen LogP contribution is 2.20. The van der Waals surface area contributed by atoms with E-state index >= 15 is 0 Å². The van der Waals surface area contributed by atoms with E-state index in [1.165, 1.54) is 30.4 Å². The van der Waals surface area contributed by atoms with Gasteiger partial charge in [-0.25, -0.2) is 0 Å². The average Bonchev–Trinajstić information content (AvgIpc) is 2.68. The Balaban J connectivity index is 1.52. The summed E-state index contributed by atoms with van der Waals surface area (Å²) < 4.78 is 5.50. The topological polar surface area (TPSA) is 41.6 Å². The zero-order chi connectivity index (χ0) is 18.2. The molecule has 2 aromatic carbocycles. The molecule has 0 spiro atoms. The van der Waals surface area contributed by atoms with E-state index in [-0.39, 0.29) is 12.5 Å². The van der Waals surface area contributed by atoms with E-state index in [2.05, 4.69) is 35.3 Å². The molecule has 1 aliphatic heterocycles. The maximum absolute atomic E-state index is 12.1. The highest BCUT2D eigenvalue weighted by molar-refractivity contribution is 5.77. The average molecular weight is 352 g/mol. The van der Waals surface area contributed by atoms with Gasteiger partial charge in [-0.1, -0.05) is 48.9 Å². The number of nitrogens with zero attached hydrogens (tertiary/aromatic N) is 1. The number of amides is 1. The van der Waals surface area contributed by atoms with E-state index < -0.39 is 0 Å². The minimum absolute atomic E-state index is 0.0370. The van der Waals surface area contributed by atoms with Crippen molar-refractivity contribution >= 4 is 5.91 Å². The van der Waals surface area contributed by atoms with Crippen molar-refractivity contribution in [3.05, 3.63) is 65.7 Å². The number of likely N-dealkylation sites (tertiary alicyclic amines) is 1. The number of piperidine rings is 1. The van der Waals surface area contributed by atoms with Crippen molar-refractivity contribution < 1.29 is 9.53 Å². The molecule has 2 aromatic rings. The molecule has 0 radical (unpaired) electrons. The zero-order valence-electron chi connectivity index (χ0n) is 15.5. The molecule has 1 N–H and O–H groups in total. The molecule has 0 bridgehead atoms. The Morgan fingerprint density at radius 3 is 2.58 bits per heavy atom. The van der Waals surface area contributed by atoms with Crippen molar-refractivity contribution in [3.8, 4) is 5.75 Å². The standard InChI is InChI=1S/C22H28N2O2/c1-18-9-7-8-14-24(18)16-20-11-6-5-10-19(20)15-23-22(25)17-26-21-12-3-2-4-13-21/h2-6,10-13,18H,7-9,14-17H2,1H3,(H,23,25)/t18-/m1/s1. The van der Waals surface area contributed by atoms with Crippen LogP contribution in [0.1, 0.15) is 37.3 Å². The van der Waals surface area contributed by atoms with Crippen molar-refractivity contribution in [1.82, 2.24) is 10.2 Å². The molecule has 0 aliphatic carbocycles. The summed E-state index contributed by atoms with van der Waals surface area (Å²) in [5.41, 5.74) is 2.48. The Hall–Kier alpha value is -2.33. The SMILES string of the molecule is C[C@@H]1CCCCN1Cc1ccccc1CNC(=O)COc1ccccc1. The van der Waals surface area contributed by atoms with E-state index in [0.29, 0.717) is 18.3 Å². The van der Waals surface area contributed by atoms with Crippen LogP contribution in [0.2, 0.25) is 0 Å². The lowest BCUT2D eigenvalue weighted by Crippen LogP contribution is -2.37. The number of para-hydroxylation sites is 1. The maximum atomic E-state index is 12.1. The summed E-state index contributed by atoms with van der Waals surface area (Å²) in [5.74, 6) is 0.608. The maximum Gasteiger partial charge on any atom is 0.258 e. The van der Waals surface area contributed by atoms with Gasteiger partial charge in [-0.3, -0.25) is 9.69 Å². The van der Waals surface area contributed by atoms with Crippen molar-refractivity contribution in [2.24, 2.45) is 0 Å². The monoisotopic (exact) mass is 352 g/mol. The van der Waals surface area contributed by atoms with Gasteiger partial charge < -0.3 is 10.1 Å². The number of benzene rings is 2. The molecule has 0 aromatic heterocycles. The largest absolute Gasteiger partial charge is 0.484 e. The predicted molar refractivity (Wildman–Crippen MR) is 104 cm³/mol. The van der Waals surface area contributed by atoms with Crippen LogP contribution < -0.4 is 10.1 Å². The highest BCUT2D eigenvalue weighted by Gasteiger charge is 2.19. The summed E-state index contributed by atoms with van der Waals surface area (Å²) in [4.78, 5) is 14.6. The molecule has 1 atom stereocenters. The third-order valence-electron chi connectivity index (χ3n) is 5.02. The molecule has 4 heteroatoms. The Kier molecular flexibility index (Phi) is 6.67. The molecular formula is C22H28N2O2. The molecule has 1 saturated heterocycles. The lowest BCUT2D eigenvalue weighted by atomic mass is 10.0. The highest BCUT2D eigenvalue weighted by atomic mass is 16.5. The fourth-order valence-corrected chi connectivity index (χ4v) is 3.41. The first-order chi connectivity index (χ1) is 12.7. The Labute approximate surface area is 156 Å². The van der Waals surface area contributed by atoms with E-state index in [1.807, 2.05) is 36.4 Å². The third kappa shape index (κ3) is 5.33. The Bertz CT molecular complexity index is 702. The van der Waals surface area contributed by atoms with Crippen LogP contribution in [0.15, 0.2) is 54.6 Å². The Morgan fingerprint density at radius 1 is 1.08 bits per heavy atom. The lowest BCUT2D eigenvalue weighted by molar-refractivity contribution is -0.123. The van der Waals surface area contributed by atoms with Gasteiger partial charge in [0.25, 0.3) is 5.91 Å². The van der Waals surface area contributed by atoms with Crippen molar-refractivity contribution in [1.29, 1.82) is 0 Å². The number of hydrogen-bond acceptors (Lipinski definition) is 3. The molecule has 1 amide bonds. The van der Waals surface area contributed by atoms with Gasteiger partial charge in [0.15, 0.2) is 6.61 Å². The van der Waals surface area contributed by atoms with E-state index in [0.717, 1.165) is 13.1 Å². The molecule has 1 aliphatic rings. The van der Waals surface area contributed by atoms with Crippen LogP contribution >= 0.6 is 0 Å². The van der Waals surface area contributed by atoms with Crippen LogP contribution in [-0.2, 0) is 17.9 Å². The van der Waals surface area contributed by atoms with Crippen LogP contribution in [0.5, 0.6) is 5.75 Å². The smallest absolute Gasteiger partial charge is 0.258 e. The first-order valence-electron chi connectivity index (χ1n) is 9.48. The molecule has 4 nitrogen and oxygen atoms in total. The second-order valence-electron chi connectivity index (χ2n) is 6.96. The van der Waals surface area contributed by atoms with Gasteiger partial charge in [0.2, 0.25) is 0 Å². The minimum Gasteiger partial charge on any atom is -0.484 e. The molecule has 1 fully saturated rings. The number of ether oxygens (including phenoxy) is 1. The van der Waals surface area contributed by atoms with Crippen LogP contribution in [0.25, 0.3) is 0 Å². The summed E-state index contributed by atoms with van der Waals surface area (Å²) in [7, 11) is 0. The van der Waals surface area contributed by atoms with Gasteiger partial charge in [-0.15, -0.1) is 0 Å². The number of carbonyl (C=O) groups excluding carboxylic acids is 1. The number of carbonyl (C=O) groups is 1. The van der Waals surface area contributed by atoms with E-state index in [4.69, 9.17) is 4.74 Å². The van der Waals surface area contributed by atoms with Gasteiger partial charge in [0, 0.05) is 19.1 Å². The summed E-state index contributed by atoms with van der Waals surface area (Å²) in [6, 6.07) is 18.4. The van der Waals surface area contributed by atoms with E-state index in [9.17, 15) is 4.79 Å². The van der Waals surface area contributed by atoms with Crippen molar-refractivity contribution in [3.63, 3.8) is 0 Å². The normalized spacial score (nSPS) is 17.7. The summed E-state index contributed by atoms with van der Waals surface area (Å²) in [5, 5.41) is 2.98. The first kappa shape index (κ1) is 18.5. The third-order valence-corrected chi connectivity index (χ3v) is 5.02. The fourth-order valence-electron chi connectivity index (χ4n) is 3.41. The molecule has 0 saturated carbocycles. The molecule has 3 rings (SSSR count). The van der Waals surface area contributed by atoms with Crippen LogP contribution in [0.4, 0.5) is 0 Å². The fraction of sp³-hybridized carbons (Fsp3) is 0.409. The van der Waals surface area contributed by atoms with Crippen LogP contribution in [0, 0.1) is 0 Å². The predicted octanol–water partition coefficient (Wildman–Crippen LogP) is 3.76. The summed E-state index contributed by atoms with van der Waals surface area (Å²) >= 11 is 0. The molecule has 0 unspecified atom stereocenters. The molecule has 26 heavy (non-hydrogen) atoms. The molecule has 1 heterocycles. The minimum atomic E-state index is -0.102. The van der Waals surface area contributed by atoms with Gasteiger partial charge >= 0.3 is 0 Å². The van der Waals surface area contributed by atoms with E-state index in [1.54, 1.807) is 0 Å².